The first-order valence-electron chi connectivity index (χ1n) is 9.21. The Bertz CT molecular complexity index is 565. The molecule has 1 saturated carbocycles. The van der Waals surface area contributed by atoms with Crippen LogP contribution in [0.15, 0.2) is 6.20 Å². The van der Waals surface area contributed by atoms with E-state index in [2.05, 4.69) is 20.9 Å². The molecule has 0 bridgehead atoms. The Kier molecular flexibility index (Phi) is 5.82. The number of nitrogens with one attached hydrogen (secondary N) is 2. The van der Waals surface area contributed by atoms with E-state index in [1.165, 1.54) is 32.1 Å². The van der Waals surface area contributed by atoms with E-state index < -0.39 is 6.04 Å². The third kappa shape index (κ3) is 4.55. The highest BCUT2D eigenvalue weighted by atomic mass is 16.2. The molecule has 2 fully saturated rings. The summed E-state index contributed by atoms with van der Waals surface area (Å²) < 4.78 is 1.75. The number of carbonyl (C=O) groups excluding carboxylic acids is 2. The van der Waals surface area contributed by atoms with Gasteiger partial charge in [0.2, 0.25) is 5.91 Å². The van der Waals surface area contributed by atoms with Gasteiger partial charge in [-0.1, -0.05) is 37.3 Å². The van der Waals surface area contributed by atoms with Gasteiger partial charge in [-0.25, -0.2) is 0 Å². The highest BCUT2D eigenvalue weighted by molar-refractivity contribution is 5.95. The molecule has 24 heavy (non-hydrogen) atoms. The van der Waals surface area contributed by atoms with Gasteiger partial charge in [-0.3, -0.25) is 14.3 Å². The fourth-order valence-corrected chi connectivity index (χ4v) is 3.61. The molecule has 7 heteroatoms. The molecule has 1 atom stereocenters. The average molecular weight is 333 g/mol. The van der Waals surface area contributed by atoms with Crippen molar-refractivity contribution in [3.8, 4) is 0 Å². The van der Waals surface area contributed by atoms with Crippen LogP contribution >= 0.6 is 0 Å². The van der Waals surface area contributed by atoms with E-state index in [1.54, 1.807) is 10.9 Å². The first kappa shape index (κ1) is 16.9. The van der Waals surface area contributed by atoms with Crippen molar-refractivity contribution in [2.45, 2.75) is 70.4 Å². The van der Waals surface area contributed by atoms with Crippen LogP contribution in [0.5, 0.6) is 0 Å². The highest BCUT2D eigenvalue weighted by Crippen LogP contribution is 2.26. The Labute approximate surface area is 142 Å². The maximum atomic E-state index is 12.3. The first-order chi connectivity index (χ1) is 11.7. The smallest absolute Gasteiger partial charge is 0.274 e. The lowest BCUT2D eigenvalue weighted by molar-refractivity contribution is -0.122. The van der Waals surface area contributed by atoms with E-state index >= 15 is 0 Å². The molecule has 132 valence electrons. The number of carbonyl (C=O) groups is 2. The summed E-state index contributed by atoms with van der Waals surface area (Å²) in [6.07, 6.45) is 12.0. The molecule has 3 rings (SSSR count). The normalized spacial score (nSPS) is 22.7. The minimum absolute atomic E-state index is 0.106. The number of aromatic nitrogens is 3. The van der Waals surface area contributed by atoms with Gasteiger partial charge in [0.25, 0.3) is 5.91 Å². The van der Waals surface area contributed by atoms with Crippen LogP contribution in [0.3, 0.4) is 0 Å². The summed E-state index contributed by atoms with van der Waals surface area (Å²) in [6.45, 7) is 1.48. The molecule has 0 radical (unpaired) electrons. The van der Waals surface area contributed by atoms with Gasteiger partial charge in [-0.05, 0) is 31.6 Å². The third-order valence-electron chi connectivity index (χ3n) is 5.10. The molecular weight excluding hydrogens is 306 g/mol. The summed E-state index contributed by atoms with van der Waals surface area (Å²) in [5.41, 5.74) is 0.288. The van der Waals surface area contributed by atoms with Crippen molar-refractivity contribution in [3.63, 3.8) is 0 Å². The number of hydrogen-bond donors (Lipinski definition) is 2. The predicted octanol–water partition coefficient (Wildman–Crippen LogP) is 1.65. The van der Waals surface area contributed by atoms with E-state index in [9.17, 15) is 9.59 Å². The van der Waals surface area contributed by atoms with Gasteiger partial charge in [0, 0.05) is 13.1 Å². The standard InChI is InChI=1S/C17H27N5O2/c23-16-14(8-4-5-10-18-16)19-17(24)15-12-22(21-20-15)11-9-13-6-2-1-3-7-13/h12-14H,1-11H2,(H,18,23)(H,19,24)/t14-/m0/s1. The molecule has 7 nitrogen and oxygen atoms in total. The Morgan fingerprint density at radius 3 is 2.83 bits per heavy atom. The summed E-state index contributed by atoms with van der Waals surface area (Å²) in [7, 11) is 0. The zero-order chi connectivity index (χ0) is 16.8. The molecule has 0 spiro atoms. The van der Waals surface area contributed by atoms with E-state index in [-0.39, 0.29) is 17.5 Å². The molecule has 1 saturated heterocycles. The summed E-state index contributed by atoms with van der Waals surface area (Å²) in [6, 6.07) is -0.465. The number of aryl methyl sites for hydroxylation is 1. The lowest BCUT2D eigenvalue weighted by atomic mass is 9.87. The van der Waals surface area contributed by atoms with Crippen LogP contribution < -0.4 is 10.6 Å². The van der Waals surface area contributed by atoms with Crippen molar-refractivity contribution in [2.75, 3.05) is 6.54 Å². The number of nitrogens with zero attached hydrogens (tertiary/aromatic N) is 3. The second-order valence-electron chi connectivity index (χ2n) is 6.97. The first-order valence-corrected chi connectivity index (χ1v) is 9.21. The van der Waals surface area contributed by atoms with E-state index in [0.29, 0.717) is 13.0 Å². The van der Waals surface area contributed by atoms with Crippen LogP contribution in [0.4, 0.5) is 0 Å². The number of rotatable bonds is 5. The van der Waals surface area contributed by atoms with Gasteiger partial charge in [0.05, 0.1) is 6.20 Å². The average Bonchev–Trinajstić information content (AvgIpc) is 2.99. The molecule has 0 unspecified atom stereocenters. The largest absolute Gasteiger partial charge is 0.354 e. The molecule has 2 amide bonds. The zero-order valence-electron chi connectivity index (χ0n) is 14.2. The molecule has 2 aliphatic rings. The molecule has 2 heterocycles. The maximum Gasteiger partial charge on any atom is 0.274 e. The minimum Gasteiger partial charge on any atom is -0.354 e. The van der Waals surface area contributed by atoms with Gasteiger partial charge >= 0.3 is 0 Å². The van der Waals surface area contributed by atoms with Gasteiger partial charge < -0.3 is 10.6 Å². The molecule has 1 aliphatic heterocycles. The van der Waals surface area contributed by atoms with Crippen LogP contribution in [-0.2, 0) is 11.3 Å². The highest BCUT2D eigenvalue weighted by Gasteiger charge is 2.24. The molecule has 2 N–H and O–H groups in total. The summed E-state index contributed by atoms with van der Waals surface area (Å²) >= 11 is 0. The van der Waals surface area contributed by atoms with Gasteiger partial charge in [0.1, 0.15) is 6.04 Å². The van der Waals surface area contributed by atoms with Crippen molar-refractivity contribution in [1.82, 2.24) is 25.6 Å². The van der Waals surface area contributed by atoms with Crippen molar-refractivity contribution < 1.29 is 9.59 Å². The van der Waals surface area contributed by atoms with E-state index in [0.717, 1.165) is 31.7 Å². The minimum atomic E-state index is -0.465. The SMILES string of the molecule is O=C(N[C@H]1CCCCNC1=O)c1cn(CCC2CCCCC2)nn1. The molecule has 1 aromatic heterocycles. The Balaban J connectivity index is 1.50. The predicted molar refractivity (Wildman–Crippen MR) is 89.3 cm³/mol. The third-order valence-corrected chi connectivity index (χ3v) is 5.10. The van der Waals surface area contributed by atoms with Crippen LogP contribution in [-0.4, -0.2) is 39.4 Å². The molecule has 1 aromatic rings. The number of amides is 2. The van der Waals surface area contributed by atoms with E-state index in [4.69, 9.17) is 0 Å². The monoisotopic (exact) mass is 333 g/mol. The van der Waals surface area contributed by atoms with Crippen molar-refractivity contribution in [2.24, 2.45) is 5.92 Å². The Morgan fingerprint density at radius 2 is 2.00 bits per heavy atom. The number of hydrogen-bond acceptors (Lipinski definition) is 4. The van der Waals surface area contributed by atoms with Crippen molar-refractivity contribution >= 4 is 11.8 Å². The topological polar surface area (TPSA) is 88.9 Å². The van der Waals surface area contributed by atoms with Crippen LogP contribution in [0.1, 0.15) is 68.3 Å². The lowest BCUT2D eigenvalue weighted by Crippen LogP contribution is -2.45. The van der Waals surface area contributed by atoms with E-state index in [1.807, 2.05) is 0 Å². The summed E-state index contributed by atoms with van der Waals surface area (Å²) in [5, 5.41) is 13.6. The molecule has 0 aromatic carbocycles. The maximum absolute atomic E-state index is 12.3. The quantitative estimate of drug-likeness (QED) is 0.857. The van der Waals surface area contributed by atoms with Crippen LogP contribution in [0, 0.1) is 5.92 Å². The molecule has 1 aliphatic carbocycles. The lowest BCUT2D eigenvalue weighted by Gasteiger charge is -2.20. The van der Waals surface area contributed by atoms with Gasteiger partial charge in [0.15, 0.2) is 5.69 Å². The summed E-state index contributed by atoms with van der Waals surface area (Å²) in [5.74, 6) is 0.349. The van der Waals surface area contributed by atoms with Crippen LogP contribution in [0.25, 0.3) is 0 Å². The van der Waals surface area contributed by atoms with Crippen LogP contribution in [0.2, 0.25) is 0 Å². The van der Waals surface area contributed by atoms with Gasteiger partial charge in [-0.15, -0.1) is 5.10 Å². The van der Waals surface area contributed by atoms with Gasteiger partial charge in [-0.2, -0.15) is 0 Å². The fraction of sp³-hybridized carbons (Fsp3) is 0.765. The zero-order valence-corrected chi connectivity index (χ0v) is 14.2. The van der Waals surface area contributed by atoms with Crippen molar-refractivity contribution in [3.05, 3.63) is 11.9 Å². The second kappa shape index (κ2) is 8.26. The Morgan fingerprint density at radius 1 is 1.21 bits per heavy atom. The second-order valence-corrected chi connectivity index (χ2v) is 6.97. The fourth-order valence-electron chi connectivity index (χ4n) is 3.61. The molecular formula is C17H27N5O2. The summed E-state index contributed by atoms with van der Waals surface area (Å²) in [4.78, 5) is 24.2. The van der Waals surface area contributed by atoms with Crippen molar-refractivity contribution in [1.29, 1.82) is 0 Å². The Hall–Kier alpha value is -1.92.